The molecule has 0 aromatic carbocycles. The zero-order valence-electron chi connectivity index (χ0n) is 7.23. The van der Waals surface area contributed by atoms with Gasteiger partial charge in [-0.2, -0.15) is 0 Å². The van der Waals surface area contributed by atoms with Crippen LogP contribution in [0.1, 0.15) is 29.7 Å². The number of aromatic nitrogens is 1. The van der Waals surface area contributed by atoms with E-state index in [9.17, 15) is 0 Å². The summed E-state index contributed by atoms with van der Waals surface area (Å²) in [6.07, 6.45) is 7.34. The first-order valence-corrected chi connectivity index (χ1v) is 3.77. The lowest BCUT2D eigenvalue weighted by molar-refractivity contribution is 0.975. The Kier molecular flexibility index (Phi) is 2.05. The van der Waals surface area contributed by atoms with E-state index in [2.05, 4.69) is 24.8 Å². The molecule has 1 atom stereocenters. The van der Waals surface area contributed by atoms with Crippen molar-refractivity contribution in [1.82, 2.24) is 4.98 Å². The normalized spacial score (nSPS) is 12.5. The van der Waals surface area contributed by atoms with Crippen molar-refractivity contribution in [3.63, 3.8) is 0 Å². The van der Waals surface area contributed by atoms with E-state index in [1.807, 2.05) is 13.1 Å². The second kappa shape index (κ2) is 2.84. The van der Waals surface area contributed by atoms with Gasteiger partial charge in [0.1, 0.15) is 0 Å². The zero-order chi connectivity index (χ0) is 8.43. The van der Waals surface area contributed by atoms with Crippen LogP contribution in [0.2, 0.25) is 0 Å². The topological polar surface area (TPSA) is 15.8 Å². The third-order valence-electron chi connectivity index (χ3n) is 2.02. The number of terminal acetylenes is 1. The molecule has 1 aromatic heterocycles. The Bertz CT molecular complexity index is 269. The Morgan fingerprint density at radius 1 is 1.55 bits per heavy atom. The minimum absolute atomic E-state index is 0.223. The lowest BCUT2D eigenvalue weighted by Crippen LogP contribution is -1.92. The van der Waals surface area contributed by atoms with Crippen LogP contribution >= 0.6 is 0 Å². The van der Waals surface area contributed by atoms with Gasteiger partial charge in [0.2, 0.25) is 0 Å². The van der Waals surface area contributed by atoms with E-state index in [-0.39, 0.29) is 5.92 Å². The molecule has 0 aliphatic carbocycles. The molecule has 11 heavy (non-hydrogen) atoms. The highest BCUT2D eigenvalue weighted by atomic mass is 14.7. The van der Waals surface area contributed by atoms with Crippen LogP contribution in [-0.2, 0) is 0 Å². The number of hydrogen-bond acceptors (Lipinski definition) is 0. The maximum absolute atomic E-state index is 5.34. The minimum atomic E-state index is 0.223. The summed E-state index contributed by atoms with van der Waals surface area (Å²) in [6.45, 7) is 6.17. The summed E-state index contributed by atoms with van der Waals surface area (Å²) >= 11 is 0. The molecule has 1 rings (SSSR count). The number of hydrogen-bond donors (Lipinski definition) is 1. The van der Waals surface area contributed by atoms with Crippen LogP contribution in [0.15, 0.2) is 6.20 Å². The van der Waals surface area contributed by atoms with Crippen LogP contribution in [0.25, 0.3) is 0 Å². The predicted octanol–water partition coefficient (Wildman–Crippen LogP) is 2.37. The van der Waals surface area contributed by atoms with Gasteiger partial charge >= 0.3 is 0 Å². The fourth-order valence-electron chi connectivity index (χ4n) is 1.42. The largest absolute Gasteiger partial charge is 0.365 e. The quantitative estimate of drug-likeness (QED) is 0.587. The van der Waals surface area contributed by atoms with Crippen molar-refractivity contribution < 1.29 is 0 Å². The van der Waals surface area contributed by atoms with Gasteiger partial charge in [-0.15, -0.1) is 6.42 Å². The van der Waals surface area contributed by atoms with Crippen LogP contribution < -0.4 is 0 Å². The first-order chi connectivity index (χ1) is 5.16. The number of rotatable bonds is 1. The monoisotopic (exact) mass is 147 g/mol. The summed E-state index contributed by atoms with van der Waals surface area (Å²) in [7, 11) is 0. The van der Waals surface area contributed by atoms with Crippen molar-refractivity contribution in [2.45, 2.75) is 26.7 Å². The predicted molar refractivity (Wildman–Crippen MR) is 47.5 cm³/mol. The highest BCUT2D eigenvalue weighted by molar-refractivity contribution is 5.36. The molecule has 1 nitrogen and oxygen atoms in total. The fourth-order valence-corrected chi connectivity index (χ4v) is 1.42. The van der Waals surface area contributed by atoms with Crippen LogP contribution in [0.3, 0.4) is 0 Å². The van der Waals surface area contributed by atoms with Gasteiger partial charge in [-0.25, -0.2) is 0 Å². The smallest absolute Gasteiger partial charge is 0.0441 e. The van der Waals surface area contributed by atoms with Crippen molar-refractivity contribution in [1.29, 1.82) is 0 Å². The molecule has 1 heterocycles. The Morgan fingerprint density at radius 2 is 2.18 bits per heavy atom. The summed E-state index contributed by atoms with van der Waals surface area (Å²) in [5.74, 6) is 2.95. The van der Waals surface area contributed by atoms with Gasteiger partial charge in [0, 0.05) is 17.8 Å². The van der Waals surface area contributed by atoms with E-state index >= 15 is 0 Å². The molecule has 0 aliphatic heterocycles. The Morgan fingerprint density at radius 3 is 2.55 bits per heavy atom. The molecule has 0 aliphatic rings. The molecule has 0 amide bonds. The summed E-state index contributed by atoms with van der Waals surface area (Å²) in [6, 6.07) is 0. The zero-order valence-corrected chi connectivity index (χ0v) is 7.23. The summed E-state index contributed by atoms with van der Waals surface area (Å²) in [5, 5.41) is 0. The second-order valence-corrected chi connectivity index (χ2v) is 2.90. The summed E-state index contributed by atoms with van der Waals surface area (Å²) in [5.41, 5.74) is 3.72. The van der Waals surface area contributed by atoms with Crippen molar-refractivity contribution in [3.05, 3.63) is 23.0 Å². The molecule has 0 fully saturated rings. The number of nitrogens with one attached hydrogen (secondary N) is 1. The molecular formula is C10H13N. The number of aryl methyl sites for hydroxylation is 2. The van der Waals surface area contributed by atoms with Gasteiger partial charge in [0.15, 0.2) is 0 Å². The lowest BCUT2D eigenvalue weighted by Gasteiger charge is -2.04. The van der Waals surface area contributed by atoms with E-state index in [1.165, 1.54) is 16.8 Å². The molecule has 0 radical (unpaired) electrons. The molecule has 0 saturated heterocycles. The second-order valence-electron chi connectivity index (χ2n) is 2.90. The average molecular weight is 147 g/mol. The molecule has 0 saturated carbocycles. The number of H-pyrrole nitrogens is 1. The minimum Gasteiger partial charge on any atom is -0.365 e. The number of aromatic amines is 1. The summed E-state index contributed by atoms with van der Waals surface area (Å²) < 4.78 is 0. The van der Waals surface area contributed by atoms with Gasteiger partial charge in [-0.05, 0) is 31.9 Å². The van der Waals surface area contributed by atoms with E-state index in [1.54, 1.807) is 0 Å². The van der Waals surface area contributed by atoms with Crippen LogP contribution in [0.4, 0.5) is 0 Å². The Labute approximate surface area is 67.8 Å². The molecule has 1 N–H and O–H groups in total. The lowest BCUT2D eigenvalue weighted by atomic mass is 9.99. The van der Waals surface area contributed by atoms with Gasteiger partial charge < -0.3 is 4.98 Å². The van der Waals surface area contributed by atoms with E-state index < -0.39 is 0 Å². The van der Waals surface area contributed by atoms with Crippen molar-refractivity contribution in [3.8, 4) is 12.3 Å². The van der Waals surface area contributed by atoms with Crippen LogP contribution in [0, 0.1) is 26.2 Å². The summed E-state index contributed by atoms with van der Waals surface area (Å²) in [4.78, 5) is 3.16. The average Bonchev–Trinajstić information content (AvgIpc) is 2.30. The van der Waals surface area contributed by atoms with E-state index in [4.69, 9.17) is 6.42 Å². The highest BCUT2D eigenvalue weighted by Crippen LogP contribution is 2.21. The van der Waals surface area contributed by atoms with E-state index in [0.717, 1.165) is 0 Å². The van der Waals surface area contributed by atoms with Crippen molar-refractivity contribution in [2.24, 2.45) is 0 Å². The van der Waals surface area contributed by atoms with Gasteiger partial charge in [0.05, 0.1) is 0 Å². The third-order valence-corrected chi connectivity index (χ3v) is 2.02. The SMILES string of the molecule is C#CC(C)c1c(C)c[nH]c1C. The van der Waals surface area contributed by atoms with Crippen molar-refractivity contribution in [2.75, 3.05) is 0 Å². The molecule has 1 aromatic rings. The van der Waals surface area contributed by atoms with E-state index in [0.29, 0.717) is 0 Å². The molecule has 1 heteroatoms. The Hall–Kier alpha value is -1.16. The van der Waals surface area contributed by atoms with Crippen LogP contribution in [0.5, 0.6) is 0 Å². The first kappa shape index (κ1) is 7.94. The first-order valence-electron chi connectivity index (χ1n) is 3.77. The Balaban J connectivity index is 3.12. The maximum atomic E-state index is 5.34. The molecule has 1 unspecified atom stereocenters. The fraction of sp³-hybridized carbons (Fsp3) is 0.400. The molecule has 0 bridgehead atoms. The standard InChI is InChI=1S/C10H13N/c1-5-7(2)10-8(3)6-11-9(10)4/h1,6-7,11H,2-4H3. The molecular weight excluding hydrogens is 134 g/mol. The van der Waals surface area contributed by atoms with Crippen LogP contribution in [-0.4, -0.2) is 4.98 Å². The molecule has 0 spiro atoms. The highest BCUT2D eigenvalue weighted by Gasteiger charge is 2.09. The maximum Gasteiger partial charge on any atom is 0.0441 e. The van der Waals surface area contributed by atoms with Gasteiger partial charge in [0.25, 0.3) is 0 Å². The third kappa shape index (κ3) is 1.30. The molecule has 58 valence electrons. The van der Waals surface area contributed by atoms with Gasteiger partial charge in [-0.3, -0.25) is 0 Å². The van der Waals surface area contributed by atoms with Crippen molar-refractivity contribution >= 4 is 0 Å². The van der Waals surface area contributed by atoms with Gasteiger partial charge in [-0.1, -0.05) is 5.92 Å².